The molecule has 1 unspecified atom stereocenters. The first kappa shape index (κ1) is 24.9. The maximum Gasteiger partial charge on any atom is 0.338 e. The maximum absolute atomic E-state index is 12.4. The van der Waals surface area contributed by atoms with Gasteiger partial charge in [-0.25, -0.2) is 4.79 Å². The molecule has 0 bridgehead atoms. The van der Waals surface area contributed by atoms with Gasteiger partial charge in [-0.3, -0.25) is 4.90 Å². The molecule has 0 saturated heterocycles. The lowest BCUT2D eigenvalue weighted by molar-refractivity contribution is -0.0164. The lowest BCUT2D eigenvalue weighted by atomic mass is 10.2. The summed E-state index contributed by atoms with van der Waals surface area (Å²) in [5.74, 6) is -0.267. The topological polar surface area (TPSA) is 38.8 Å². The smallest absolute Gasteiger partial charge is 0.338 e. The van der Waals surface area contributed by atoms with Gasteiger partial charge >= 0.3 is 5.97 Å². The van der Waals surface area contributed by atoms with E-state index in [1.54, 1.807) is 12.1 Å². The molecule has 4 nitrogen and oxygen atoms in total. The zero-order valence-corrected chi connectivity index (χ0v) is 17.4. The lowest BCUT2D eigenvalue weighted by Gasteiger charge is -2.27. The zero-order valence-electron chi connectivity index (χ0n) is 16.6. The van der Waals surface area contributed by atoms with Crippen molar-refractivity contribution in [2.24, 2.45) is 0 Å². The normalized spacial score (nSPS) is 11.8. The number of carbonyl (C=O) groups is 1. The van der Waals surface area contributed by atoms with Gasteiger partial charge in [0.05, 0.1) is 12.2 Å². The van der Waals surface area contributed by atoms with Crippen LogP contribution < -0.4 is 0 Å². The Balaban J connectivity index is 0.00000625. The van der Waals surface area contributed by atoms with E-state index in [0.717, 1.165) is 26.1 Å². The molecule has 0 heterocycles. The van der Waals surface area contributed by atoms with Gasteiger partial charge in [0.2, 0.25) is 0 Å². The number of carbonyl (C=O) groups excluding carboxylic acids is 1. The molecule has 150 valence electrons. The van der Waals surface area contributed by atoms with Gasteiger partial charge in [0.15, 0.2) is 0 Å². The molecule has 0 amide bonds. The summed E-state index contributed by atoms with van der Waals surface area (Å²) in [4.78, 5) is 14.8. The molecular weight excluding hydrogens is 350 g/mol. The van der Waals surface area contributed by atoms with E-state index in [9.17, 15) is 4.79 Å². The largest absolute Gasteiger partial charge is 0.455 e. The first-order valence-corrected chi connectivity index (χ1v) is 9.77. The number of halogens is 1. The van der Waals surface area contributed by atoms with Crippen LogP contribution in [0.25, 0.3) is 0 Å². The SMILES string of the molecule is CCCCN(CCCC)CC(COCCC)OC(=O)c1ccccc1.Cl. The number of ether oxygens (including phenoxy) is 2. The molecule has 0 N–H and O–H groups in total. The van der Waals surface area contributed by atoms with Crippen molar-refractivity contribution >= 4 is 18.4 Å². The highest BCUT2D eigenvalue weighted by molar-refractivity contribution is 5.89. The monoisotopic (exact) mass is 385 g/mol. The highest BCUT2D eigenvalue weighted by atomic mass is 35.5. The van der Waals surface area contributed by atoms with E-state index in [4.69, 9.17) is 9.47 Å². The first-order chi connectivity index (χ1) is 12.2. The molecule has 0 fully saturated rings. The highest BCUT2D eigenvalue weighted by Crippen LogP contribution is 2.08. The molecule has 0 aromatic heterocycles. The van der Waals surface area contributed by atoms with Crippen LogP contribution in [-0.2, 0) is 9.47 Å². The summed E-state index contributed by atoms with van der Waals surface area (Å²) < 4.78 is 11.5. The van der Waals surface area contributed by atoms with E-state index in [1.807, 2.05) is 18.2 Å². The van der Waals surface area contributed by atoms with Crippen LogP contribution in [0.1, 0.15) is 63.2 Å². The predicted octanol–water partition coefficient (Wildman–Crippen LogP) is 4.96. The van der Waals surface area contributed by atoms with Crippen molar-refractivity contribution < 1.29 is 14.3 Å². The summed E-state index contributed by atoms with van der Waals surface area (Å²) in [6.45, 7) is 10.5. The third kappa shape index (κ3) is 10.8. The fourth-order valence-electron chi connectivity index (χ4n) is 2.62. The van der Waals surface area contributed by atoms with Crippen molar-refractivity contribution in [3.8, 4) is 0 Å². The summed E-state index contributed by atoms with van der Waals surface area (Å²) in [5.41, 5.74) is 0.594. The third-order valence-corrected chi connectivity index (χ3v) is 4.05. The number of esters is 1. The molecule has 1 aromatic rings. The van der Waals surface area contributed by atoms with E-state index in [0.29, 0.717) is 18.8 Å². The molecule has 1 atom stereocenters. The van der Waals surface area contributed by atoms with Gasteiger partial charge in [-0.05, 0) is 44.5 Å². The van der Waals surface area contributed by atoms with Gasteiger partial charge in [0, 0.05) is 13.2 Å². The van der Waals surface area contributed by atoms with Gasteiger partial charge < -0.3 is 9.47 Å². The molecule has 0 spiro atoms. The Bertz CT molecular complexity index is 448. The van der Waals surface area contributed by atoms with Crippen molar-refractivity contribution in [1.82, 2.24) is 4.90 Å². The van der Waals surface area contributed by atoms with Crippen molar-refractivity contribution in [3.05, 3.63) is 35.9 Å². The van der Waals surface area contributed by atoms with Gasteiger partial charge in [0.25, 0.3) is 0 Å². The molecule has 0 aliphatic heterocycles. The van der Waals surface area contributed by atoms with Gasteiger partial charge in [0.1, 0.15) is 6.10 Å². The fourth-order valence-corrected chi connectivity index (χ4v) is 2.62. The Labute approximate surface area is 165 Å². The molecular formula is C21H36ClNO3. The van der Waals surface area contributed by atoms with Crippen molar-refractivity contribution in [2.75, 3.05) is 32.8 Å². The van der Waals surface area contributed by atoms with Crippen LogP contribution in [0.5, 0.6) is 0 Å². The van der Waals surface area contributed by atoms with E-state index < -0.39 is 0 Å². The number of benzene rings is 1. The van der Waals surface area contributed by atoms with Crippen molar-refractivity contribution in [3.63, 3.8) is 0 Å². The number of hydrogen-bond acceptors (Lipinski definition) is 4. The standard InChI is InChI=1S/C21H35NO3.ClH/c1-4-7-14-22(15-8-5-2)17-20(18-24-16-6-3)25-21(23)19-12-10-9-11-13-19;/h9-13,20H,4-8,14-18H2,1-3H3;1H. The number of rotatable bonds is 14. The second-order valence-electron chi connectivity index (χ2n) is 6.48. The van der Waals surface area contributed by atoms with Crippen LogP contribution in [0.15, 0.2) is 30.3 Å². The van der Waals surface area contributed by atoms with Crippen LogP contribution in [0, 0.1) is 0 Å². The van der Waals surface area contributed by atoms with E-state index in [1.165, 1.54) is 25.7 Å². The van der Waals surface area contributed by atoms with E-state index in [2.05, 4.69) is 25.7 Å². The summed E-state index contributed by atoms with van der Waals surface area (Å²) in [7, 11) is 0. The predicted molar refractivity (Wildman–Crippen MR) is 110 cm³/mol. The number of hydrogen-bond donors (Lipinski definition) is 0. The zero-order chi connectivity index (χ0) is 18.3. The minimum Gasteiger partial charge on any atom is -0.455 e. The molecule has 26 heavy (non-hydrogen) atoms. The summed E-state index contributed by atoms with van der Waals surface area (Å²) >= 11 is 0. The molecule has 5 heteroatoms. The minimum atomic E-state index is -0.267. The van der Waals surface area contributed by atoms with Crippen molar-refractivity contribution in [1.29, 1.82) is 0 Å². The Morgan fingerprint density at radius 1 is 1.00 bits per heavy atom. The lowest BCUT2D eigenvalue weighted by Crippen LogP contribution is -2.39. The molecule has 1 rings (SSSR count). The van der Waals surface area contributed by atoms with Gasteiger partial charge in [-0.2, -0.15) is 0 Å². The molecule has 0 saturated carbocycles. The summed E-state index contributed by atoms with van der Waals surface area (Å²) in [6.07, 6.45) is 5.41. The molecule has 1 aromatic carbocycles. The average Bonchev–Trinajstić information content (AvgIpc) is 2.64. The second-order valence-corrected chi connectivity index (χ2v) is 6.48. The Kier molecular flexibility index (Phi) is 15.4. The number of unbranched alkanes of at least 4 members (excludes halogenated alkanes) is 2. The Hall–Kier alpha value is -1.10. The maximum atomic E-state index is 12.4. The second kappa shape index (κ2) is 16.1. The van der Waals surface area contributed by atoms with Crippen LogP contribution in [0.4, 0.5) is 0 Å². The Morgan fingerprint density at radius 2 is 1.62 bits per heavy atom. The van der Waals surface area contributed by atoms with Gasteiger partial charge in [-0.1, -0.05) is 51.8 Å². The van der Waals surface area contributed by atoms with E-state index >= 15 is 0 Å². The van der Waals surface area contributed by atoms with Crippen LogP contribution >= 0.6 is 12.4 Å². The fraction of sp³-hybridized carbons (Fsp3) is 0.667. The average molecular weight is 386 g/mol. The first-order valence-electron chi connectivity index (χ1n) is 9.77. The van der Waals surface area contributed by atoms with Crippen LogP contribution in [-0.4, -0.2) is 49.8 Å². The number of nitrogens with zero attached hydrogens (tertiary/aromatic N) is 1. The molecule has 0 aliphatic carbocycles. The van der Waals surface area contributed by atoms with Gasteiger partial charge in [-0.15, -0.1) is 12.4 Å². The van der Waals surface area contributed by atoms with Crippen LogP contribution in [0.2, 0.25) is 0 Å². The Morgan fingerprint density at radius 3 is 2.15 bits per heavy atom. The highest BCUT2D eigenvalue weighted by Gasteiger charge is 2.19. The summed E-state index contributed by atoms with van der Waals surface area (Å²) in [5, 5.41) is 0. The van der Waals surface area contributed by atoms with Crippen molar-refractivity contribution in [2.45, 2.75) is 59.0 Å². The van der Waals surface area contributed by atoms with E-state index in [-0.39, 0.29) is 24.5 Å². The summed E-state index contributed by atoms with van der Waals surface area (Å²) in [6, 6.07) is 9.19. The third-order valence-electron chi connectivity index (χ3n) is 4.05. The van der Waals surface area contributed by atoms with Crippen LogP contribution in [0.3, 0.4) is 0 Å². The quantitative estimate of drug-likeness (QED) is 0.335. The molecule has 0 radical (unpaired) electrons. The molecule has 0 aliphatic rings. The minimum absolute atomic E-state index is 0.